The molecule has 19 heteroatoms. The molecule has 8 rings (SSSR count). The van der Waals surface area contributed by atoms with Gasteiger partial charge >= 0.3 is 0 Å². The zero-order valence-electron chi connectivity index (χ0n) is 27.6. The quantitative estimate of drug-likeness (QED) is 0.130. The van der Waals surface area contributed by atoms with Crippen molar-refractivity contribution in [2.45, 2.75) is 43.7 Å². The van der Waals surface area contributed by atoms with Gasteiger partial charge in [0.1, 0.15) is 29.6 Å². The molecule has 1 saturated carbocycles. The number of aromatic nitrogens is 6. The normalized spacial score (nSPS) is 18.1. The van der Waals surface area contributed by atoms with Crippen molar-refractivity contribution < 1.29 is 39.6 Å². The lowest BCUT2D eigenvalue weighted by Gasteiger charge is -2.23. The number of aryl methyl sites for hydroxylation is 1. The first kappa shape index (κ1) is 35.0. The Morgan fingerprint density at radius 3 is 2.51 bits per heavy atom. The van der Waals surface area contributed by atoms with Crippen molar-refractivity contribution in [3.63, 3.8) is 0 Å². The van der Waals surface area contributed by atoms with E-state index in [1.165, 1.54) is 10.7 Å². The molecule has 0 spiro atoms. The number of nitrogens with one attached hydrogen (secondary N) is 3. The molecule has 4 aromatic heterocycles. The van der Waals surface area contributed by atoms with E-state index in [0.717, 1.165) is 18.4 Å². The van der Waals surface area contributed by atoms with Gasteiger partial charge in [-0.25, -0.2) is 31.0 Å². The van der Waals surface area contributed by atoms with Gasteiger partial charge in [-0.1, -0.05) is 17.7 Å². The fourth-order valence-corrected chi connectivity index (χ4v) is 8.19. The number of amides is 1. The summed E-state index contributed by atoms with van der Waals surface area (Å²) >= 11 is 6.57. The van der Waals surface area contributed by atoms with E-state index in [2.05, 4.69) is 25.2 Å². The van der Waals surface area contributed by atoms with E-state index < -0.39 is 75.7 Å². The van der Waals surface area contributed by atoms with Gasteiger partial charge in [-0.2, -0.15) is 19.0 Å². The molecule has 0 aliphatic heterocycles. The second kappa shape index (κ2) is 12.2. The fraction of sp³-hybridized carbons (Fsp3) is 0.294. The molecule has 4 heterocycles. The number of anilines is 1. The van der Waals surface area contributed by atoms with Gasteiger partial charge in [-0.3, -0.25) is 18.9 Å². The number of sulfonamides is 1. The molecule has 2 aliphatic carbocycles. The van der Waals surface area contributed by atoms with Crippen molar-refractivity contribution in [2.24, 2.45) is 13.0 Å². The Hall–Kier alpha value is -5.10. The van der Waals surface area contributed by atoms with Gasteiger partial charge in [0.05, 0.1) is 45.0 Å². The third-order valence-electron chi connectivity index (χ3n) is 9.56. The minimum absolute atomic E-state index is 0.0421. The molecule has 0 saturated heterocycles. The van der Waals surface area contributed by atoms with E-state index in [9.17, 15) is 30.8 Å². The van der Waals surface area contributed by atoms with E-state index in [1.807, 2.05) is 0 Å². The van der Waals surface area contributed by atoms with E-state index in [0.29, 0.717) is 38.4 Å². The Balaban J connectivity index is 1.26. The van der Waals surface area contributed by atoms with Crippen LogP contribution in [0.1, 0.15) is 53.0 Å². The highest BCUT2D eigenvalue weighted by Gasteiger charge is 2.67. The van der Waals surface area contributed by atoms with Crippen LogP contribution in [0.3, 0.4) is 0 Å². The van der Waals surface area contributed by atoms with Crippen LogP contribution < -0.4 is 10.0 Å². The molecule has 1 fully saturated rings. The number of carbonyl (C=O) groups is 1. The van der Waals surface area contributed by atoms with Crippen LogP contribution in [0.4, 0.5) is 32.2 Å². The van der Waals surface area contributed by atoms with Crippen LogP contribution in [-0.4, -0.2) is 50.1 Å². The number of alkyl halides is 4. The van der Waals surface area contributed by atoms with Crippen LogP contribution in [0.15, 0.2) is 48.7 Å². The molecular weight excluding hydrogens is 750 g/mol. The average Bonchev–Trinajstić information content (AvgIpc) is 3.28. The standard InChI is InChI=1S/C34H27ClF6N8O3S/c1-48-30-17(3-4-21(35)27(30)33(46-48)47-53(2,51)52)18-12-23-22(5-6-42-23)44-28(18)24(9-14-7-15(36)10-16(37)8-14)43-25(50)13-49-31-26(29(45-49)32(38)39)19-11-20(19)34(31,40)41/h3-8,10,12,19-20,24,32,42H,9,11,13H2,1-2H3,(H,43,50)(H,46,47)/t19-,20+,24+/m0/s1. The summed E-state index contributed by atoms with van der Waals surface area (Å²) in [6, 6.07) is 8.06. The van der Waals surface area contributed by atoms with Gasteiger partial charge in [-0.05, 0) is 54.7 Å². The molecule has 2 aromatic carbocycles. The highest BCUT2D eigenvalue weighted by atomic mass is 35.5. The maximum Gasteiger partial charge on any atom is 0.293 e. The molecule has 53 heavy (non-hydrogen) atoms. The number of pyridine rings is 1. The van der Waals surface area contributed by atoms with Crippen LogP contribution in [-0.2, 0) is 40.8 Å². The number of hydrogen-bond donors (Lipinski definition) is 3. The predicted octanol–water partition coefficient (Wildman–Crippen LogP) is 6.86. The minimum Gasteiger partial charge on any atom is -0.360 e. The molecule has 6 aromatic rings. The van der Waals surface area contributed by atoms with Gasteiger partial charge in [0, 0.05) is 41.9 Å². The Bertz CT molecular complexity index is 2590. The van der Waals surface area contributed by atoms with Crippen LogP contribution >= 0.6 is 11.6 Å². The first-order valence-corrected chi connectivity index (χ1v) is 18.4. The largest absolute Gasteiger partial charge is 0.360 e. The van der Waals surface area contributed by atoms with Gasteiger partial charge < -0.3 is 10.3 Å². The van der Waals surface area contributed by atoms with Gasteiger partial charge in [0.2, 0.25) is 15.9 Å². The molecule has 1 amide bonds. The number of aromatic amines is 1. The number of fused-ring (bicyclic) bond motifs is 5. The van der Waals surface area contributed by atoms with Crippen molar-refractivity contribution in [1.29, 1.82) is 0 Å². The molecule has 0 radical (unpaired) electrons. The molecule has 2 aliphatic rings. The zero-order chi connectivity index (χ0) is 37.7. The Morgan fingerprint density at radius 1 is 1.08 bits per heavy atom. The van der Waals surface area contributed by atoms with Crippen molar-refractivity contribution in [3.05, 3.63) is 93.5 Å². The summed E-state index contributed by atoms with van der Waals surface area (Å²) < 4.78 is 116. The maximum absolute atomic E-state index is 15.3. The number of benzene rings is 2. The summed E-state index contributed by atoms with van der Waals surface area (Å²) in [5.74, 6) is -8.16. The zero-order valence-corrected chi connectivity index (χ0v) is 29.1. The topological polar surface area (TPSA) is 140 Å². The fourth-order valence-electron chi connectivity index (χ4n) is 7.45. The number of halogens is 7. The van der Waals surface area contributed by atoms with Crippen molar-refractivity contribution in [1.82, 2.24) is 34.8 Å². The van der Waals surface area contributed by atoms with Crippen LogP contribution in [0.25, 0.3) is 33.1 Å². The Kier molecular flexibility index (Phi) is 8.06. The smallest absolute Gasteiger partial charge is 0.293 e. The first-order valence-electron chi connectivity index (χ1n) is 16.1. The number of rotatable bonds is 10. The van der Waals surface area contributed by atoms with Crippen LogP contribution in [0, 0.1) is 17.6 Å². The molecule has 11 nitrogen and oxygen atoms in total. The van der Waals surface area contributed by atoms with Crippen molar-refractivity contribution in [3.8, 4) is 11.1 Å². The third-order valence-corrected chi connectivity index (χ3v) is 10.4. The number of carbonyl (C=O) groups excluding carboxylic acids is 1. The highest BCUT2D eigenvalue weighted by molar-refractivity contribution is 7.92. The Morgan fingerprint density at radius 2 is 1.81 bits per heavy atom. The van der Waals surface area contributed by atoms with E-state index >= 15 is 8.78 Å². The predicted molar refractivity (Wildman–Crippen MR) is 182 cm³/mol. The number of H-pyrrole nitrogens is 1. The van der Waals surface area contributed by atoms with Crippen molar-refractivity contribution in [2.75, 3.05) is 11.0 Å². The third kappa shape index (κ3) is 6.06. The summed E-state index contributed by atoms with van der Waals surface area (Å²) in [6.07, 6.45) is -0.806. The summed E-state index contributed by atoms with van der Waals surface area (Å²) in [5, 5.41) is 11.2. The van der Waals surface area contributed by atoms with E-state index in [1.54, 1.807) is 31.4 Å². The summed E-state index contributed by atoms with van der Waals surface area (Å²) in [6.45, 7) is -0.868. The molecule has 3 atom stereocenters. The maximum atomic E-state index is 15.3. The van der Waals surface area contributed by atoms with Gasteiger partial charge in [-0.15, -0.1) is 0 Å². The monoisotopic (exact) mass is 776 g/mol. The number of nitrogens with zero attached hydrogens (tertiary/aromatic N) is 5. The van der Waals surface area contributed by atoms with Crippen LogP contribution in [0.2, 0.25) is 5.02 Å². The molecular formula is C34H27ClF6N8O3S. The van der Waals surface area contributed by atoms with E-state index in [-0.39, 0.29) is 45.9 Å². The lowest BCUT2D eigenvalue weighted by molar-refractivity contribution is -0.123. The SMILES string of the molecule is Cn1nc(NS(C)(=O)=O)c2c(Cl)ccc(-c3cc4[nH]ccc4nc3[C@@H](Cc3cc(F)cc(F)c3)NC(=O)Cn3nc(C(F)F)c4c3C(F)(F)[C@@H]3C[C@H]43)c21. The Labute approximate surface area is 301 Å². The van der Waals surface area contributed by atoms with E-state index in [4.69, 9.17) is 16.6 Å². The highest BCUT2D eigenvalue weighted by Crippen LogP contribution is 2.68. The number of hydrogen-bond acceptors (Lipinski definition) is 6. The molecule has 0 unspecified atom stereocenters. The molecule has 0 bridgehead atoms. The second-order valence-electron chi connectivity index (χ2n) is 13.3. The van der Waals surface area contributed by atoms with Crippen molar-refractivity contribution >= 4 is 55.3 Å². The lowest BCUT2D eigenvalue weighted by Crippen LogP contribution is -2.35. The summed E-state index contributed by atoms with van der Waals surface area (Å²) in [4.78, 5) is 21.7. The minimum atomic E-state index is -3.79. The lowest BCUT2D eigenvalue weighted by atomic mass is 9.93. The first-order chi connectivity index (χ1) is 25.0. The molecule has 3 N–H and O–H groups in total. The summed E-state index contributed by atoms with van der Waals surface area (Å²) in [5.41, 5.74) is 0.588. The molecule has 276 valence electrons. The average molecular weight is 777 g/mol. The summed E-state index contributed by atoms with van der Waals surface area (Å²) in [7, 11) is -2.24. The second-order valence-corrected chi connectivity index (χ2v) is 15.4. The van der Waals surface area contributed by atoms with Crippen LogP contribution in [0.5, 0.6) is 0 Å². The van der Waals surface area contributed by atoms with Gasteiger partial charge in [0.15, 0.2) is 5.82 Å². The van der Waals surface area contributed by atoms with Gasteiger partial charge in [0.25, 0.3) is 12.3 Å².